The Labute approximate surface area is 124 Å². The number of ether oxygens (including phenoxy) is 1. The lowest BCUT2D eigenvalue weighted by atomic mass is 10.1. The molecule has 0 saturated carbocycles. The van der Waals surface area contributed by atoms with Gasteiger partial charge in [0, 0.05) is 25.0 Å². The second-order valence-electron chi connectivity index (χ2n) is 4.78. The molecule has 0 aliphatic heterocycles. The maximum Gasteiger partial charge on any atom is 0.255 e. The van der Waals surface area contributed by atoms with Crippen LogP contribution in [-0.4, -0.2) is 17.5 Å². The highest BCUT2D eigenvalue weighted by molar-refractivity contribution is 5.75. The van der Waals surface area contributed by atoms with Crippen molar-refractivity contribution in [3.8, 4) is 5.75 Å². The third kappa shape index (κ3) is 4.89. The first-order chi connectivity index (χ1) is 10.1. The Hall–Kier alpha value is -2.40. The van der Waals surface area contributed by atoms with Gasteiger partial charge in [-0.1, -0.05) is 12.1 Å². The zero-order valence-corrected chi connectivity index (χ0v) is 12.0. The number of pyridine rings is 1. The van der Waals surface area contributed by atoms with Crippen molar-refractivity contribution in [3.63, 3.8) is 0 Å². The molecule has 5 heteroatoms. The topological polar surface area (TPSA) is 77.2 Å². The summed E-state index contributed by atoms with van der Waals surface area (Å²) in [7, 11) is 0. The number of carbonyl (C=O) groups excluding carboxylic acids is 1. The van der Waals surface area contributed by atoms with Crippen LogP contribution in [0.1, 0.15) is 24.1 Å². The number of amides is 1. The van der Waals surface area contributed by atoms with E-state index in [9.17, 15) is 4.79 Å². The van der Waals surface area contributed by atoms with Crippen LogP contribution in [0.2, 0.25) is 0 Å². The highest BCUT2D eigenvalue weighted by Gasteiger charge is 2.04. The lowest BCUT2D eigenvalue weighted by Crippen LogP contribution is -2.20. The van der Waals surface area contributed by atoms with Crippen molar-refractivity contribution in [3.05, 3.63) is 59.9 Å². The number of nitrogens with one attached hydrogen (secondary N) is 1. The summed E-state index contributed by atoms with van der Waals surface area (Å²) in [6.45, 7) is 2.76. The van der Waals surface area contributed by atoms with Gasteiger partial charge in [-0.2, -0.15) is 0 Å². The first-order valence-electron chi connectivity index (χ1n) is 6.78. The number of nitrogens with zero attached hydrogens (tertiary/aromatic N) is 1. The SMILES string of the molecule is C[C@@H](NCc1ccc(OCC(N)=O)cc1)c1ccncc1. The van der Waals surface area contributed by atoms with Crippen molar-refractivity contribution in [1.29, 1.82) is 0 Å². The van der Waals surface area contributed by atoms with E-state index in [4.69, 9.17) is 10.5 Å². The Morgan fingerprint density at radius 2 is 1.90 bits per heavy atom. The molecular weight excluding hydrogens is 266 g/mol. The summed E-state index contributed by atoms with van der Waals surface area (Å²) in [6, 6.07) is 11.8. The number of benzene rings is 1. The average molecular weight is 285 g/mol. The van der Waals surface area contributed by atoms with Gasteiger partial charge in [-0.15, -0.1) is 0 Å². The summed E-state index contributed by atoms with van der Waals surface area (Å²) in [4.78, 5) is 14.6. The van der Waals surface area contributed by atoms with Crippen LogP contribution in [0.15, 0.2) is 48.8 Å². The largest absolute Gasteiger partial charge is 0.484 e. The van der Waals surface area contributed by atoms with Gasteiger partial charge < -0.3 is 15.8 Å². The number of nitrogens with two attached hydrogens (primary N) is 1. The summed E-state index contributed by atoms with van der Waals surface area (Å²) in [5.41, 5.74) is 7.37. The molecule has 1 atom stereocenters. The Kier molecular flexibility index (Phi) is 5.29. The van der Waals surface area contributed by atoms with Crippen LogP contribution < -0.4 is 15.8 Å². The van der Waals surface area contributed by atoms with E-state index in [0.717, 1.165) is 12.1 Å². The van der Waals surface area contributed by atoms with Crippen molar-refractivity contribution < 1.29 is 9.53 Å². The van der Waals surface area contributed by atoms with Crippen LogP contribution in [0.3, 0.4) is 0 Å². The maximum atomic E-state index is 10.6. The molecule has 0 aliphatic rings. The quantitative estimate of drug-likeness (QED) is 0.813. The van der Waals surface area contributed by atoms with Crippen molar-refractivity contribution in [2.75, 3.05) is 6.61 Å². The van der Waals surface area contributed by atoms with Gasteiger partial charge in [-0.25, -0.2) is 0 Å². The molecule has 1 aromatic carbocycles. The van der Waals surface area contributed by atoms with Crippen LogP contribution >= 0.6 is 0 Å². The van der Waals surface area contributed by atoms with E-state index in [1.54, 1.807) is 12.4 Å². The molecule has 2 rings (SSSR count). The predicted molar refractivity (Wildman–Crippen MR) is 80.6 cm³/mol. The molecule has 5 nitrogen and oxygen atoms in total. The van der Waals surface area contributed by atoms with E-state index >= 15 is 0 Å². The van der Waals surface area contributed by atoms with Crippen LogP contribution in [0.5, 0.6) is 5.75 Å². The van der Waals surface area contributed by atoms with Gasteiger partial charge in [-0.05, 0) is 42.3 Å². The van der Waals surface area contributed by atoms with Gasteiger partial charge in [0.1, 0.15) is 5.75 Å². The number of rotatable bonds is 7. The summed E-state index contributed by atoms with van der Waals surface area (Å²) in [5, 5.41) is 3.44. The van der Waals surface area contributed by atoms with Gasteiger partial charge in [0.25, 0.3) is 5.91 Å². The maximum absolute atomic E-state index is 10.6. The number of aromatic nitrogens is 1. The number of carbonyl (C=O) groups is 1. The van der Waals surface area contributed by atoms with Crippen LogP contribution in [0.4, 0.5) is 0 Å². The molecule has 0 unspecified atom stereocenters. The summed E-state index contributed by atoms with van der Waals surface area (Å²) < 4.78 is 5.22. The minimum atomic E-state index is -0.480. The standard InChI is InChI=1S/C16H19N3O2/c1-12(14-6-8-18-9-7-14)19-10-13-2-4-15(5-3-13)21-11-16(17)20/h2-9,12,19H,10-11H2,1H3,(H2,17,20)/t12-/m1/s1. The molecular formula is C16H19N3O2. The molecule has 1 aromatic heterocycles. The van der Waals surface area contributed by atoms with Gasteiger partial charge in [-0.3, -0.25) is 9.78 Å². The molecule has 0 radical (unpaired) electrons. The lowest BCUT2D eigenvalue weighted by Gasteiger charge is -2.14. The van der Waals surface area contributed by atoms with Crippen molar-refractivity contribution >= 4 is 5.91 Å². The third-order valence-electron chi connectivity index (χ3n) is 3.12. The van der Waals surface area contributed by atoms with Crippen molar-refractivity contribution in [2.24, 2.45) is 5.73 Å². The zero-order chi connectivity index (χ0) is 15.1. The van der Waals surface area contributed by atoms with Gasteiger partial charge in [0.05, 0.1) is 0 Å². The van der Waals surface area contributed by atoms with Crippen molar-refractivity contribution in [2.45, 2.75) is 19.5 Å². The number of hydrogen-bond donors (Lipinski definition) is 2. The molecule has 2 aromatic rings. The Morgan fingerprint density at radius 1 is 1.24 bits per heavy atom. The average Bonchev–Trinajstić information content (AvgIpc) is 2.52. The molecule has 21 heavy (non-hydrogen) atoms. The summed E-state index contributed by atoms with van der Waals surface area (Å²) in [5.74, 6) is 0.159. The molecule has 0 spiro atoms. The van der Waals surface area contributed by atoms with Gasteiger partial charge in [0.15, 0.2) is 6.61 Å². The number of hydrogen-bond acceptors (Lipinski definition) is 4. The Balaban J connectivity index is 1.85. The highest BCUT2D eigenvalue weighted by Crippen LogP contribution is 2.14. The van der Waals surface area contributed by atoms with Crippen LogP contribution in [0.25, 0.3) is 0 Å². The molecule has 3 N–H and O–H groups in total. The molecule has 1 heterocycles. The zero-order valence-electron chi connectivity index (χ0n) is 12.0. The minimum absolute atomic E-state index is 0.101. The van der Waals surface area contributed by atoms with Crippen molar-refractivity contribution in [1.82, 2.24) is 10.3 Å². The fourth-order valence-electron chi connectivity index (χ4n) is 1.90. The summed E-state index contributed by atoms with van der Waals surface area (Å²) >= 11 is 0. The highest BCUT2D eigenvalue weighted by atomic mass is 16.5. The van der Waals surface area contributed by atoms with E-state index in [1.807, 2.05) is 36.4 Å². The first kappa shape index (κ1) is 15.0. The lowest BCUT2D eigenvalue weighted by molar-refractivity contribution is -0.119. The predicted octanol–water partition coefficient (Wildman–Crippen LogP) is 1.80. The van der Waals surface area contributed by atoms with Crippen LogP contribution in [0, 0.1) is 0 Å². The fourth-order valence-corrected chi connectivity index (χ4v) is 1.90. The molecule has 0 aliphatic carbocycles. The third-order valence-corrected chi connectivity index (χ3v) is 3.12. The molecule has 1 amide bonds. The second-order valence-corrected chi connectivity index (χ2v) is 4.78. The van der Waals surface area contributed by atoms with E-state index in [2.05, 4.69) is 17.2 Å². The van der Waals surface area contributed by atoms with E-state index in [-0.39, 0.29) is 12.6 Å². The Bertz CT molecular complexity index is 570. The molecule has 0 bridgehead atoms. The van der Waals surface area contributed by atoms with E-state index in [1.165, 1.54) is 5.56 Å². The van der Waals surface area contributed by atoms with Crippen LogP contribution in [-0.2, 0) is 11.3 Å². The second kappa shape index (κ2) is 7.40. The summed E-state index contributed by atoms with van der Waals surface area (Å²) in [6.07, 6.45) is 3.58. The smallest absolute Gasteiger partial charge is 0.255 e. The van der Waals surface area contributed by atoms with E-state index < -0.39 is 5.91 Å². The fraction of sp³-hybridized carbons (Fsp3) is 0.250. The Morgan fingerprint density at radius 3 is 2.52 bits per heavy atom. The number of primary amides is 1. The van der Waals surface area contributed by atoms with Gasteiger partial charge >= 0.3 is 0 Å². The first-order valence-corrected chi connectivity index (χ1v) is 6.78. The van der Waals surface area contributed by atoms with E-state index in [0.29, 0.717) is 5.75 Å². The van der Waals surface area contributed by atoms with Gasteiger partial charge in [0.2, 0.25) is 0 Å². The molecule has 110 valence electrons. The normalized spacial score (nSPS) is 11.9. The molecule has 0 fully saturated rings. The monoisotopic (exact) mass is 285 g/mol. The molecule has 0 saturated heterocycles. The minimum Gasteiger partial charge on any atom is -0.484 e.